The Kier molecular flexibility index (Phi) is 4.84. The smallest absolute Gasteiger partial charge is 0.235 e. The van der Waals surface area contributed by atoms with E-state index in [9.17, 15) is 8.42 Å². The standard InChI is InChI=1S/C11H14N4O2S3/c1-8-13-14-11(19-8)15-20(16,17)7-6-18-10-4-2-9(12)3-5-10/h2-5H,6-7,12H2,1H3,(H,14,15). The molecule has 0 saturated heterocycles. The fourth-order valence-corrected chi connectivity index (χ4v) is 4.53. The van der Waals surface area contributed by atoms with E-state index in [0.29, 0.717) is 16.6 Å². The van der Waals surface area contributed by atoms with Crippen molar-refractivity contribution in [1.82, 2.24) is 10.2 Å². The quantitative estimate of drug-likeness (QED) is 0.620. The van der Waals surface area contributed by atoms with Gasteiger partial charge in [-0.15, -0.1) is 22.0 Å². The van der Waals surface area contributed by atoms with Crippen LogP contribution in [0.1, 0.15) is 5.01 Å². The van der Waals surface area contributed by atoms with Crippen LogP contribution in [0.5, 0.6) is 0 Å². The second kappa shape index (κ2) is 6.42. The molecule has 1 aromatic carbocycles. The van der Waals surface area contributed by atoms with E-state index >= 15 is 0 Å². The molecule has 1 aromatic heterocycles. The first kappa shape index (κ1) is 15.1. The van der Waals surface area contributed by atoms with Gasteiger partial charge in [-0.05, 0) is 31.2 Å². The van der Waals surface area contributed by atoms with Crippen molar-refractivity contribution in [2.75, 3.05) is 22.0 Å². The highest BCUT2D eigenvalue weighted by Gasteiger charge is 2.13. The van der Waals surface area contributed by atoms with Crippen LogP contribution in [-0.2, 0) is 10.0 Å². The number of aromatic nitrogens is 2. The van der Waals surface area contributed by atoms with Gasteiger partial charge >= 0.3 is 0 Å². The third-order valence-corrected chi connectivity index (χ3v) is 5.67. The van der Waals surface area contributed by atoms with Gasteiger partial charge in [-0.2, -0.15) is 0 Å². The number of hydrogen-bond donors (Lipinski definition) is 2. The van der Waals surface area contributed by atoms with E-state index in [-0.39, 0.29) is 5.75 Å². The third kappa shape index (κ3) is 4.66. The summed E-state index contributed by atoms with van der Waals surface area (Å²) >= 11 is 2.68. The van der Waals surface area contributed by atoms with Crippen LogP contribution in [0.4, 0.5) is 10.8 Å². The summed E-state index contributed by atoms with van der Waals surface area (Å²) in [7, 11) is -3.39. The molecule has 0 aliphatic carbocycles. The van der Waals surface area contributed by atoms with Crippen molar-refractivity contribution in [2.24, 2.45) is 0 Å². The Hall–Kier alpha value is -1.32. The van der Waals surface area contributed by atoms with Crippen LogP contribution in [0, 0.1) is 6.92 Å². The first-order valence-corrected chi connectivity index (χ1v) is 9.19. The highest BCUT2D eigenvalue weighted by molar-refractivity contribution is 8.01. The highest BCUT2D eigenvalue weighted by atomic mass is 32.2. The fourth-order valence-electron chi connectivity index (χ4n) is 1.36. The minimum Gasteiger partial charge on any atom is -0.399 e. The molecule has 0 bridgehead atoms. The molecule has 3 N–H and O–H groups in total. The molecule has 0 fully saturated rings. The van der Waals surface area contributed by atoms with E-state index in [1.165, 1.54) is 23.1 Å². The van der Waals surface area contributed by atoms with Crippen molar-refractivity contribution >= 4 is 43.9 Å². The topological polar surface area (TPSA) is 98.0 Å². The number of aryl methyl sites for hydroxylation is 1. The summed E-state index contributed by atoms with van der Waals surface area (Å²) in [5.74, 6) is 0.470. The molecule has 2 rings (SSSR count). The maximum absolute atomic E-state index is 11.8. The van der Waals surface area contributed by atoms with E-state index in [1.807, 2.05) is 12.1 Å². The molecule has 0 aliphatic heterocycles. The summed E-state index contributed by atoms with van der Waals surface area (Å²) in [6.07, 6.45) is 0. The number of nitrogens with zero attached hydrogens (tertiary/aromatic N) is 2. The molecule has 9 heteroatoms. The average Bonchev–Trinajstić information content (AvgIpc) is 2.76. The molecular formula is C11H14N4O2S3. The van der Waals surface area contributed by atoms with Crippen LogP contribution in [0.25, 0.3) is 0 Å². The van der Waals surface area contributed by atoms with Crippen molar-refractivity contribution in [3.8, 4) is 0 Å². The van der Waals surface area contributed by atoms with E-state index in [1.54, 1.807) is 19.1 Å². The van der Waals surface area contributed by atoms with E-state index < -0.39 is 10.0 Å². The zero-order valence-corrected chi connectivity index (χ0v) is 13.2. The predicted molar refractivity (Wildman–Crippen MR) is 83.6 cm³/mol. The zero-order chi connectivity index (χ0) is 14.6. The van der Waals surface area contributed by atoms with Crippen LogP contribution in [0.2, 0.25) is 0 Å². The minimum absolute atomic E-state index is 0.0146. The van der Waals surface area contributed by atoms with Gasteiger partial charge in [-0.1, -0.05) is 11.3 Å². The normalized spacial score (nSPS) is 11.4. The fraction of sp³-hybridized carbons (Fsp3) is 0.273. The molecule has 0 saturated carbocycles. The number of nitrogen functional groups attached to an aromatic ring is 1. The number of thioether (sulfide) groups is 1. The lowest BCUT2D eigenvalue weighted by Gasteiger charge is -2.05. The summed E-state index contributed by atoms with van der Waals surface area (Å²) in [4.78, 5) is 0.987. The van der Waals surface area contributed by atoms with Crippen LogP contribution < -0.4 is 10.5 Å². The minimum atomic E-state index is -3.39. The lowest BCUT2D eigenvalue weighted by molar-refractivity contribution is 0.602. The Morgan fingerprint density at radius 3 is 2.60 bits per heavy atom. The van der Waals surface area contributed by atoms with Gasteiger partial charge in [0.25, 0.3) is 0 Å². The van der Waals surface area contributed by atoms with E-state index in [4.69, 9.17) is 5.73 Å². The van der Waals surface area contributed by atoms with E-state index in [2.05, 4.69) is 14.9 Å². The van der Waals surface area contributed by atoms with Crippen molar-refractivity contribution in [3.05, 3.63) is 29.3 Å². The SMILES string of the molecule is Cc1nnc(NS(=O)(=O)CCSc2ccc(N)cc2)s1. The molecule has 0 unspecified atom stereocenters. The number of sulfonamides is 1. The first-order valence-electron chi connectivity index (χ1n) is 5.73. The first-order chi connectivity index (χ1) is 9.44. The zero-order valence-electron chi connectivity index (χ0n) is 10.7. The Balaban J connectivity index is 1.84. The molecule has 0 amide bonds. The number of nitrogens with one attached hydrogen (secondary N) is 1. The molecule has 0 radical (unpaired) electrons. The molecular weight excluding hydrogens is 316 g/mol. The Morgan fingerprint density at radius 1 is 1.30 bits per heavy atom. The number of rotatable bonds is 6. The summed E-state index contributed by atoms with van der Waals surface area (Å²) in [6.45, 7) is 1.77. The lowest BCUT2D eigenvalue weighted by atomic mass is 10.3. The van der Waals surface area contributed by atoms with E-state index in [0.717, 1.165) is 9.90 Å². The number of nitrogens with two attached hydrogens (primary N) is 1. The van der Waals surface area contributed by atoms with Gasteiger partial charge in [0.05, 0.1) is 5.75 Å². The average molecular weight is 330 g/mol. The highest BCUT2D eigenvalue weighted by Crippen LogP contribution is 2.20. The van der Waals surface area contributed by atoms with Gasteiger partial charge in [-0.25, -0.2) is 8.42 Å². The summed E-state index contributed by atoms with van der Waals surface area (Å²) in [5.41, 5.74) is 6.28. The molecule has 2 aromatic rings. The van der Waals surface area contributed by atoms with Crippen LogP contribution in [-0.4, -0.2) is 30.1 Å². The second-order valence-electron chi connectivity index (χ2n) is 3.96. The Morgan fingerprint density at radius 2 is 2.00 bits per heavy atom. The molecule has 1 heterocycles. The Bertz CT molecular complexity index is 667. The second-order valence-corrected chi connectivity index (χ2v) is 8.16. The van der Waals surface area contributed by atoms with Crippen molar-refractivity contribution in [2.45, 2.75) is 11.8 Å². The molecule has 0 atom stereocenters. The van der Waals surface area contributed by atoms with Gasteiger partial charge in [0.1, 0.15) is 5.01 Å². The molecule has 0 spiro atoms. The number of benzene rings is 1. The van der Waals surface area contributed by atoms with Crippen LogP contribution in [0.15, 0.2) is 29.2 Å². The van der Waals surface area contributed by atoms with Crippen LogP contribution >= 0.6 is 23.1 Å². The van der Waals surface area contributed by atoms with Crippen molar-refractivity contribution in [1.29, 1.82) is 0 Å². The lowest BCUT2D eigenvalue weighted by Crippen LogP contribution is -2.18. The summed E-state index contributed by atoms with van der Waals surface area (Å²) in [6, 6.07) is 7.32. The van der Waals surface area contributed by atoms with Gasteiger partial charge in [-0.3, -0.25) is 4.72 Å². The van der Waals surface area contributed by atoms with Crippen molar-refractivity contribution < 1.29 is 8.42 Å². The molecule has 108 valence electrons. The predicted octanol–water partition coefficient (Wildman–Crippen LogP) is 1.96. The molecule has 20 heavy (non-hydrogen) atoms. The van der Waals surface area contributed by atoms with Gasteiger partial charge < -0.3 is 5.73 Å². The maximum Gasteiger partial charge on any atom is 0.235 e. The van der Waals surface area contributed by atoms with Gasteiger partial charge in [0, 0.05) is 16.3 Å². The monoisotopic (exact) mass is 330 g/mol. The number of anilines is 2. The van der Waals surface area contributed by atoms with Crippen LogP contribution in [0.3, 0.4) is 0 Å². The largest absolute Gasteiger partial charge is 0.399 e. The van der Waals surface area contributed by atoms with Gasteiger partial charge in [0.15, 0.2) is 0 Å². The molecule has 0 aliphatic rings. The Labute approximate surface area is 125 Å². The van der Waals surface area contributed by atoms with Crippen molar-refractivity contribution in [3.63, 3.8) is 0 Å². The summed E-state index contributed by atoms with van der Waals surface area (Å²) < 4.78 is 26.1. The van der Waals surface area contributed by atoms with Gasteiger partial charge in [0.2, 0.25) is 15.2 Å². The summed E-state index contributed by atoms with van der Waals surface area (Å²) in [5, 5.41) is 8.52. The number of hydrogen-bond acceptors (Lipinski definition) is 7. The third-order valence-electron chi connectivity index (χ3n) is 2.27. The molecule has 6 nitrogen and oxygen atoms in total. The maximum atomic E-state index is 11.8.